The molecule has 2 fully saturated rings. The molecule has 1 amide bonds. The van der Waals surface area contributed by atoms with Crippen LogP contribution in [0, 0.1) is 5.92 Å². The standard InChI is InChI=1S/C25H41N5O/c1-3-26-25(27-17-10-11-18-29(2)23-14-8-5-9-15-23)28-22-16-19-30(20-22)24(31)21-12-6-4-7-13-21/h5,8-9,14-15,21-22H,3-4,6-7,10-13,16-20H2,1-2H3,(H2,26,27,28). The Morgan fingerprint density at radius 3 is 2.65 bits per heavy atom. The molecule has 6 nitrogen and oxygen atoms in total. The van der Waals surface area contributed by atoms with E-state index in [1.165, 1.54) is 24.9 Å². The average molecular weight is 428 g/mol. The van der Waals surface area contributed by atoms with Crippen molar-refractivity contribution in [3.8, 4) is 0 Å². The number of nitrogens with zero attached hydrogens (tertiary/aromatic N) is 3. The predicted octanol–water partition coefficient (Wildman–Crippen LogP) is 3.64. The number of rotatable bonds is 9. The van der Waals surface area contributed by atoms with Crippen LogP contribution in [0.5, 0.6) is 0 Å². The minimum Gasteiger partial charge on any atom is -0.375 e. The second-order valence-electron chi connectivity index (χ2n) is 8.97. The topological polar surface area (TPSA) is 60.0 Å². The highest BCUT2D eigenvalue weighted by molar-refractivity contribution is 5.81. The molecule has 3 rings (SSSR count). The highest BCUT2D eigenvalue weighted by Crippen LogP contribution is 2.26. The summed E-state index contributed by atoms with van der Waals surface area (Å²) in [6, 6.07) is 10.8. The van der Waals surface area contributed by atoms with Crippen molar-refractivity contribution in [3.05, 3.63) is 30.3 Å². The van der Waals surface area contributed by atoms with Gasteiger partial charge in [0.2, 0.25) is 5.91 Å². The van der Waals surface area contributed by atoms with Gasteiger partial charge in [0.1, 0.15) is 0 Å². The first kappa shape index (κ1) is 23.4. The van der Waals surface area contributed by atoms with E-state index in [2.05, 4.69) is 64.7 Å². The van der Waals surface area contributed by atoms with Crippen LogP contribution < -0.4 is 15.5 Å². The van der Waals surface area contributed by atoms with Crippen molar-refractivity contribution in [1.29, 1.82) is 0 Å². The molecule has 0 bridgehead atoms. The Hall–Kier alpha value is -2.24. The number of carbonyl (C=O) groups excluding carboxylic acids is 1. The molecule has 0 spiro atoms. The Balaban J connectivity index is 1.38. The molecule has 1 saturated heterocycles. The fourth-order valence-electron chi connectivity index (χ4n) is 4.66. The Morgan fingerprint density at radius 1 is 1.13 bits per heavy atom. The quantitative estimate of drug-likeness (QED) is 0.359. The van der Waals surface area contributed by atoms with Gasteiger partial charge in [-0.05, 0) is 51.2 Å². The molecule has 0 radical (unpaired) electrons. The summed E-state index contributed by atoms with van der Waals surface area (Å²) in [6.45, 7) is 6.47. The highest BCUT2D eigenvalue weighted by atomic mass is 16.2. The van der Waals surface area contributed by atoms with Crippen LogP contribution in [-0.4, -0.2) is 62.6 Å². The second kappa shape index (κ2) is 12.6. The van der Waals surface area contributed by atoms with Gasteiger partial charge in [-0.2, -0.15) is 0 Å². The minimum atomic E-state index is 0.267. The molecule has 1 aromatic rings. The maximum absolute atomic E-state index is 12.8. The third kappa shape index (κ3) is 7.44. The van der Waals surface area contributed by atoms with E-state index in [1.54, 1.807) is 0 Å². The molecule has 1 heterocycles. The zero-order chi connectivity index (χ0) is 21.9. The number of benzene rings is 1. The first-order valence-corrected chi connectivity index (χ1v) is 12.3. The Labute approximate surface area is 188 Å². The monoisotopic (exact) mass is 427 g/mol. The van der Waals surface area contributed by atoms with Crippen molar-refractivity contribution < 1.29 is 4.79 Å². The molecular formula is C25H41N5O. The lowest BCUT2D eigenvalue weighted by Crippen LogP contribution is -2.45. The number of aliphatic imine (C=N–C) groups is 1. The van der Waals surface area contributed by atoms with Crippen LogP contribution in [0.2, 0.25) is 0 Å². The number of amides is 1. The molecule has 0 aromatic heterocycles. The van der Waals surface area contributed by atoms with Gasteiger partial charge >= 0.3 is 0 Å². The molecular weight excluding hydrogens is 386 g/mol. The summed E-state index contributed by atoms with van der Waals surface area (Å²) in [5.41, 5.74) is 1.26. The van der Waals surface area contributed by atoms with E-state index in [0.717, 1.165) is 70.8 Å². The number of hydrogen-bond donors (Lipinski definition) is 2. The smallest absolute Gasteiger partial charge is 0.225 e. The zero-order valence-electron chi connectivity index (χ0n) is 19.5. The second-order valence-corrected chi connectivity index (χ2v) is 8.97. The summed E-state index contributed by atoms with van der Waals surface area (Å²) in [7, 11) is 2.14. The van der Waals surface area contributed by atoms with Crippen LogP contribution in [0.3, 0.4) is 0 Å². The Kier molecular flexibility index (Phi) is 9.50. The van der Waals surface area contributed by atoms with Crippen molar-refractivity contribution in [2.24, 2.45) is 10.9 Å². The number of para-hydroxylation sites is 1. The van der Waals surface area contributed by atoms with Crippen molar-refractivity contribution >= 4 is 17.6 Å². The van der Waals surface area contributed by atoms with Gasteiger partial charge in [-0.3, -0.25) is 9.79 Å². The van der Waals surface area contributed by atoms with Crippen LogP contribution >= 0.6 is 0 Å². The lowest BCUT2D eigenvalue weighted by atomic mass is 9.88. The molecule has 1 aliphatic carbocycles. The van der Waals surface area contributed by atoms with Gasteiger partial charge in [0.25, 0.3) is 0 Å². The fourth-order valence-corrected chi connectivity index (χ4v) is 4.66. The number of hydrogen-bond acceptors (Lipinski definition) is 3. The van der Waals surface area contributed by atoms with Gasteiger partial charge in [-0.25, -0.2) is 0 Å². The van der Waals surface area contributed by atoms with Crippen LogP contribution in [-0.2, 0) is 4.79 Å². The fraction of sp³-hybridized carbons (Fsp3) is 0.680. The van der Waals surface area contributed by atoms with Crippen LogP contribution in [0.1, 0.15) is 58.3 Å². The third-order valence-corrected chi connectivity index (χ3v) is 6.51. The summed E-state index contributed by atoms with van der Waals surface area (Å²) in [6.07, 6.45) is 9.05. The molecule has 1 saturated carbocycles. The molecule has 1 unspecified atom stereocenters. The van der Waals surface area contributed by atoms with Crippen LogP contribution in [0.15, 0.2) is 35.3 Å². The highest BCUT2D eigenvalue weighted by Gasteiger charge is 2.31. The summed E-state index contributed by atoms with van der Waals surface area (Å²) in [4.78, 5) is 22.0. The third-order valence-electron chi connectivity index (χ3n) is 6.51. The number of nitrogens with one attached hydrogen (secondary N) is 2. The lowest BCUT2D eigenvalue weighted by Gasteiger charge is -2.26. The van der Waals surface area contributed by atoms with Gasteiger partial charge < -0.3 is 20.4 Å². The largest absolute Gasteiger partial charge is 0.375 e. The van der Waals surface area contributed by atoms with Crippen LogP contribution in [0.4, 0.5) is 5.69 Å². The molecule has 1 aliphatic heterocycles. The van der Waals surface area contributed by atoms with Gasteiger partial charge in [-0.15, -0.1) is 0 Å². The molecule has 2 aliphatic rings. The first-order valence-electron chi connectivity index (χ1n) is 12.3. The minimum absolute atomic E-state index is 0.267. The van der Waals surface area contributed by atoms with E-state index in [-0.39, 0.29) is 5.92 Å². The van der Waals surface area contributed by atoms with E-state index in [1.807, 2.05) is 0 Å². The van der Waals surface area contributed by atoms with E-state index < -0.39 is 0 Å². The van der Waals surface area contributed by atoms with E-state index >= 15 is 0 Å². The lowest BCUT2D eigenvalue weighted by molar-refractivity contribution is -0.135. The summed E-state index contributed by atoms with van der Waals surface area (Å²) in [5, 5.41) is 6.93. The van der Waals surface area contributed by atoms with Crippen molar-refractivity contribution in [2.45, 2.75) is 64.3 Å². The predicted molar refractivity (Wildman–Crippen MR) is 130 cm³/mol. The molecule has 31 heavy (non-hydrogen) atoms. The normalized spacial score (nSPS) is 20.0. The number of likely N-dealkylation sites (tertiary alicyclic amines) is 1. The Bertz CT molecular complexity index is 686. The van der Waals surface area contributed by atoms with Gasteiger partial charge in [0.15, 0.2) is 5.96 Å². The molecule has 1 atom stereocenters. The Morgan fingerprint density at radius 2 is 1.90 bits per heavy atom. The van der Waals surface area contributed by atoms with Gasteiger partial charge in [0, 0.05) is 57.4 Å². The number of guanidine groups is 1. The van der Waals surface area contributed by atoms with Crippen molar-refractivity contribution in [2.75, 3.05) is 44.7 Å². The average Bonchev–Trinajstić information content (AvgIpc) is 3.28. The molecule has 6 heteroatoms. The SMILES string of the molecule is CCNC(=NCCCCN(C)c1ccccc1)NC1CCN(C(=O)C2CCCCC2)C1. The number of unbranched alkanes of at least 4 members (excludes halogenated alkanes) is 1. The van der Waals surface area contributed by atoms with Gasteiger partial charge in [-0.1, -0.05) is 37.5 Å². The van der Waals surface area contributed by atoms with Crippen molar-refractivity contribution in [1.82, 2.24) is 15.5 Å². The first-order chi connectivity index (χ1) is 15.2. The molecule has 1 aromatic carbocycles. The zero-order valence-corrected chi connectivity index (χ0v) is 19.5. The number of carbonyl (C=O) groups is 1. The molecule has 172 valence electrons. The maximum atomic E-state index is 12.8. The summed E-state index contributed by atoms with van der Waals surface area (Å²) >= 11 is 0. The summed E-state index contributed by atoms with van der Waals surface area (Å²) < 4.78 is 0. The van der Waals surface area contributed by atoms with Crippen molar-refractivity contribution in [3.63, 3.8) is 0 Å². The van der Waals surface area contributed by atoms with Crippen LogP contribution in [0.25, 0.3) is 0 Å². The van der Waals surface area contributed by atoms with Gasteiger partial charge in [0.05, 0.1) is 0 Å². The van der Waals surface area contributed by atoms with E-state index in [0.29, 0.717) is 11.9 Å². The molecule has 2 N–H and O–H groups in total. The maximum Gasteiger partial charge on any atom is 0.225 e. The van der Waals surface area contributed by atoms with E-state index in [9.17, 15) is 4.79 Å². The van der Waals surface area contributed by atoms with E-state index in [4.69, 9.17) is 4.99 Å². The summed E-state index contributed by atoms with van der Waals surface area (Å²) in [5.74, 6) is 1.53. The number of anilines is 1.